The van der Waals surface area contributed by atoms with E-state index < -0.39 is 0 Å². The first kappa shape index (κ1) is 15.6. The summed E-state index contributed by atoms with van der Waals surface area (Å²) in [5.41, 5.74) is 2.13. The average molecular weight is 338 g/mol. The van der Waals surface area contributed by atoms with Crippen LogP contribution in [0.4, 0.5) is 11.5 Å². The van der Waals surface area contributed by atoms with Crippen LogP contribution in [-0.4, -0.2) is 48.9 Å². The maximum Gasteiger partial charge on any atom is 0.175 e. The predicted molar refractivity (Wildman–Crippen MR) is 96.0 cm³/mol. The molecule has 4 heterocycles. The van der Waals surface area contributed by atoms with Crippen molar-refractivity contribution in [3.63, 3.8) is 0 Å². The minimum absolute atomic E-state index is 0.348. The molecular formula is C17H22N8. The van der Waals surface area contributed by atoms with Gasteiger partial charge in [0.25, 0.3) is 0 Å². The lowest BCUT2D eigenvalue weighted by Crippen LogP contribution is -2.42. The first-order valence-corrected chi connectivity index (χ1v) is 8.54. The van der Waals surface area contributed by atoms with Gasteiger partial charge in [0.2, 0.25) is 0 Å². The fourth-order valence-electron chi connectivity index (χ4n) is 3.18. The van der Waals surface area contributed by atoms with Crippen LogP contribution in [0, 0.1) is 6.92 Å². The lowest BCUT2D eigenvalue weighted by molar-refractivity contribution is 0.528. The molecule has 25 heavy (non-hydrogen) atoms. The molecule has 1 aliphatic rings. The van der Waals surface area contributed by atoms with Crippen molar-refractivity contribution in [2.45, 2.75) is 25.8 Å². The lowest BCUT2D eigenvalue weighted by Gasteiger charge is -2.34. The van der Waals surface area contributed by atoms with E-state index in [0.717, 1.165) is 43.3 Å². The first-order chi connectivity index (χ1) is 12.2. The highest BCUT2D eigenvalue weighted by molar-refractivity contribution is 5.45. The molecule has 3 aromatic heterocycles. The van der Waals surface area contributed by atoms with Gasteiger partial charge in [0.15, 0.2) is 5.82 Å². The molecule has 0 bridgehead atoms. The van der Waals surface area contributed by atoms with Crippen molar-refractivity contribution >= 4 is 11.5 Å². The summed E-state index contributed by atoms with van der Waals surface area (Å²) in [5, 5.41) is 20.7. The number of aryl methyl sites for hydroxylation is 2. The van der Waals surface area contributed by atoms with Crippen LogP contribution in [0.2, 0.25) is 0 Å². The number of anilines is 2. The zero-order valence-electron chi connectivity index (χ0n) is 14.5. The van der Waals surface area contributed by atoms with Crippen molar-refractivity contribution in [2.75, 3.05) is 23.3 Å². The van der Waals surface area contributed by atoms with E-state index in [4.69, 9.17) is 0 Å². The van der Waals surface area contributed by atoms with E-state index in [1.165, 1.54) is 5.69 Å². The van der Waals surface area contributed by atoms with Gasteiger partial charge < -0.3 is 10.2 Å². The molecule has 3 aromatic rings. The van der Waals surface area contributed by atoms with Crippen LogP contribution < -0.4 is 10.2 Å². The molecule has 1 saturated heterocycles. The van der Waals surface area contributed by atoms with Gasteiger partial charge >= 0.3 is 0 Å². The number of piperidine rings is 1. The summed E-state index contributed by atoms with van der Waals surface area (Å²) >= 11 is 0. The number of aromatic nitrogens is 6. The van der Waals surface area contributed by atoms with E-state index in [1.54, 1.807) is 4.68 Å². The third-order valence-electron chi connectivity index (χ3n) is 4.44. The third-order valence-corrected chi connectivity index (χ3v) is 4.44. The van der Waals surface area contributed by atoms with Crippen LogP contribution >= 0.6 is 0 Å². The van der Waals surface area contributed by atoms with Gasteiger partial charge in [-0.15, -0.1) is 10.2 Å². The molecule has 1 N–H and O–H groups in total. The van der Waals surface area contributed by atoms with E-state index in [9.17, 15) is 0 Å². The van der Waals surface area contributed by atoms with E-state index in [-0.39, 0.29) is 0 Å². The minimum Gasteiger partial charge on any atom is -0.367 e. The maximum absolute atomic E-state index is 4.35. The standard InChI is InChI=1S/C17H22N8/c1-13-7-9-25(22-13)17-6-5-16(20-21-17)19-14-4-3-8-24(11-14)15-10-18-23(2)12-15/h5-7,9-10,12,14H,3-4,8,11H2,1-2H3,(H,19,20). The van der Waals surface area contributed by atoms with Crippen molar-refractivity contribution in [2.24, 2.45) is 7.05 Å². The van der Waals surface area contributed by atoms with E-state index in [2.05, 4.69) is 36.8 Å². The Morgan fingerprint density at radius 2 is 2.12 bits per heavy atom. The summed E-state index contributed by atoms with van der Waals surface area (Å²) in [4.78, 5) is 2.36. The van der Waals surface area contributed by atoms with E-state index >= 15 is 0 Å². The lowest BCUT2D eigenvalue weighted by atomic mass is 10.1. The molecule has 0 saturated carbocycles. The Labute approximate surface area is 146 Å². The second-order valence-corrected chi connectivity index (χ2v) is 6.48. The number of hydrogen-bond donors (Lipinski definition) is 1. The van der Waals surface area contributed by atoms with Gasteiger partial charge in [0.05, 0.1) is 17.6 Å². The summed E-state index contributed by atoms with van der Waals surface area (Å²) in [6.07, 6.45) is 8.13. The number of nitrogens with zero attached hydrogens (tertiary/aromatic N) is 7. The summed E-state index contributed by atoms with van der Waals surface area (Å²) in [6, 6.07) is 6.19. The Kier molecular flexibility index (Phi) is 4.09. The maximum atomic E-state index is 4.35. The van der Waals surface area contributed by atoms with Crippen LogP contribution in [0.3, 0.4) is 0 Å². The average Bonchev–Trinajstić information content (AvgIpc) is 3.24. The Morgan fingerprint density at radius 3 is 2.80 bits per heavy atom. The molecule has 1 atom stereocenters. The van der Waals surface area contributed by atoms with Gasteiger partial charge in [0.1, 0.15) is 5.82 Å². The van der Waals surface area contributed by atoms with E-state index in [1.807, 2.05) is 49.2 Å². The van der Waals surface area contributed by atoms with Crippen molar-refractivity contribution in [1.82, 2.24) is 29.8 Å². The van der Waals surface area contributed by atoms with Gasteiger partial charge in [-0.1, -0.05) is 0 Å². The first-order valence-electron chi connectivity index (χ1n) is 8.54. The largest absolute Gasteiger partial charge is 0.367 e. The topological polar surface area (TPSA) is 76.7 Å². The van der Waals surface area contributed by atoms with Gasteiger partial charge in [-0.05, 0) is 38.0 Å². The second kappa shape index (κ2) is 6.54. The SMILES string of the molecule is Cc1ccn(-c2ccc(NC3CCCN(c4cnn(C)c4)C3)nn2)n1. The molecule has 0 radical (unpaired) electrons. The van der Waals surface area contributed by atoms with Gasteiger partial charge in [0, 0.05) is 38.6 Å². The molecule has 8 heteroatoms. The fraction of sp³-hybridized carbons (Fsp3) is 0.412. The van der Waals surface area contributed by atoms with Crippen LogP contribution in [0.15, 0.2) is 36.8 Å². The number of rotatable bonds is 4. The second-order valence-electron chi connectivity index (χ2n) is 6.48. The van der Waals surface area contributed by atoms with Gasteiger partial charge in [-0.3, -0.25) is 4.68 Å². The molecular weight excluding hydrogens is 316 g/mol. The van der Waals surface area contributed by atoms with Crippen LogP contribution in [0.25, 0.3) is 5.82 Å². The molecule has 4 rings (SSSR count). The summed E-state index contributed by atoms with van der Waals surface area (Å²) in [7, 11) is 1.95. The highest BCUT2D eigenvalue weighted by Crippen LogP contribution is 2.21. The molecule has 1 fully saturated rings. The van der Waals surface area contributed by atoms with Crippen LogP contribution in [-0.2, 0) is 7.05 Å². The van der Waals surface area contributed by atoms with Crippen molar-refractivity contribution < 1.29 is 0 Å². The van der Waals surface area contributed by atoms with Gasteiger partial charge in [-0.2, -0.15) is 10.2 Å². The predicted octanol–water partition coefficient (Wildman–Crippen LogP) is 1.79. The van der Waals surface area contributed by atoms with Crippen LogP contribution in [0.5, 0.6) is 0 Å². The molecule has 8 nitrogen and oxygen atoms in total. The molecule has 0 spiro atoms. The quantitative estimate of drug-likeness (QED) is 0.781. The van der Waals surface area contributed by atoms with Crippen molar-refractivity contribution in [3.8, 4) is 5.82 Å². The zero-order valence-corrected chi connectivity index (χ0v) is 14.5. The monoisotopic (exact) mass is 338 g/mol. The van der Waals surface area contributed by atoms with Crippen molar-refractivity contribution in [1.29, 1.82) is 0 Å². The molecule has 0 aliphatic carbocycles. The van der Waals surface area contributed by atoms with Crippen molar-refractivity contribution in [3.05, 3.63) is 42.5 Å². The Hall–Kier alpha value is -2.90. The summed E-state index contributed by atoms with van der Waals surface area (Å²) < 4.78 is 3.57. The number of hydrogen-bond acceptors (Lipinski definition) is 6. The van der Waals surface area contributed by atoms with Gasteiger partial charge in [-0.25, -0.2) is 4.68 Å². The minimum atomic E-state index is 0.348. The van der Waals surface area contributed by atoms with E-state index in [0.29, 0.717) is 6.04 Å². The highest BCUT2D eigenvalue weighted by atomic mass is 15.3. The molecule has 1 unspecified atom stereocenters. The third kappa shape index (κ3) is 3.47. The summed E-state index contributed by atoms with van der Waals surface area (Å²) in [6.45, 7) is 3.96. The summed E-state index contributed by atoms with van der Waals surface area (Å²) in [5.74, 6) is 1.52. The Balaban J connectivity index is 1.41. The smallest absolute Gasteiger partial charge is 0.175 e. The number of nitrogens with one attached hydrogen (secondary N) is 1. The Bertz CT molecular complexity index is 834. The molecule has 0 amide bonds. The molecule has 130 valence electrons. The fourth-order valence-corrected chi connectivity index (χ4v) is 3.18. The molecule has 0 aromatic carbocycles. The normalized spacial score (nSPS) is 17.7. The zero-order chi connectivity index (χ0) is 17.2. The van der Waals surface area contributed by atoms with Crippen LogP contribution in [0.1, 0.15) is 18.5 Å². The highest BCUT2D eigenvalue weighted by Gasteiger charge is 2.21. The Morgan fingerprint density at radius 1 is 1.20 bits per heavy atom. The molecule has 1 aliphatic heterocycles.